The Balaban J connectivity index is 2.38. The van der Waals surface area contributed by atoms with Crippen molar-refractivity contribution in [2.24, 2.45) is 0 Å². The third-order valence-corrected chi connectivity index (χ3v) is 5.59. The number of nitrogens with zero attached hydrogens (tertiary/aromatic N) is 1. The highest BCUT2D eigenvalue weighted by Crippen LogP contribution is 2.37. The van der Waals surface area contributed by atoms with Crippen LogP contribution in [0, 0.1) is 10.1 Å². The predicted molar refractivity (Wildman–Crippen MR) is 80.3 cm³/mol. The van der Waals surface area contributed by atoms with Gasteiger partial charge in [-0.2, -0.15) is 8.42 Å². The van der Waals surface area contributed by atoms with Gasteiger partial charge in [-0.25, -0.2) is 0 Å². The first kappa shape index (κ1) is 16.3. The van der Waals surface area contributed by atoms with Crippen LogP contribution < -0.4 is 4.18 Å². The molecule has 0 atom stereocenters. The molecule has 0 radical (unpaired) electrons. The molecule has 2 rings (SSSR count). The lowest BCUT2D eigenvalue weighted by atomic mass is 10.3. The molecule has 0 bridgehead atoms. The van der Waals surface area contributed by atoms with E-state index in [0.717, 1.165) is 6.07 Å². The smallest absolute Gasteiger partial charge is 0.349 e. The number of rotatable bonds is 4. The first-order valence-electron chi connectivity index (χ1n) is 5.03. The number of hydrogen-bond donors (Lipinski definition) is 0. The second-order valence-electron chi connectivity index (χ2n) is 3.62. The molecule has 0 amide bonds. The maximum atomic E-state index is 12.0. The minimum atomic E-state index is -4.27. The van der Waals surface area contributed by atoms with Gasteiger partial charge in [-0.1, -0.05) is 34.8 Å². The van der Waals surface area contributed by atoms with Gasteiger partial charge in [-0.15, -0.1) is 11.3 Å². The van der Waals surface area contributed by atoms with Gasteiger partial charge in [-0.05, 0) is 6.07 Å². The molecule has 1 aromatic carbocycles. The standard InChI is InChI=1S/C10H4Cl3NO5S2/c11-5-1-6(12)3-7(2-5)19-21(17,18)9-4-8(14(15)16)10(13)20-9/h1-4H. The molecule has 11 heteroatoms. The Kier molecular flexibility index (Phi) is 4.64. The highest BCUT2D eigenvalue weighted by atomic mass is 35.5. The number of hydrogen-bond acceptors (Lipinski definition) is 6. The molecule has 0 aliphatic rings. The van der Waals surface area contributed by atoms with E-state index in [4.69, 9.17) is 39.0 Å². The molecule has 0 saturated heterocycles. The van der Waals surface area contributed by atoms with Gasteiger partial charge in [0.05, 0.1) is 11.0 Å². The van der Waals surface area contributed by atoms with E-state index in [1.807, 2.05) is 0 Å². The van der Waals surface area contributed by atoms with Crippen molar-refractivity contribution >= 4 is 61.9 Å². The second kappa shape index (κ2) is 5.98. The van der Waals surface area contributed by atoms with Crippen molar-refractivity contribution in [3.05, 3.63) is 48.8 Å². The molecule has 0 spiro atoms. The van der Waals surface area contributed by atoms with E-state index in [2.05, 4.69) is 0 Å². The van der Waals surface area contributed by atoms with Crippen LogP contribution in [-0.4, -0.2) is 13.3 Å². The predicted octanol–water partition coefficient (Wildman–Crippen LogP) is 4.38. The minimum Gasteiger partial charge on any atom is -0.378 e. The van der Waals surface area contributed by atoms with Crippen LogP contribution in [0.5, 0.6) is 5.75 Å². The quantitative estimate of drug-likeness (QED) is 0.440. The summed E-state index contributed by atoms with van der Waals surface area (Å²) in [7, 11) is -4.27. The summed E-state index contributed by atoms with van der Waals surface area (Å²) in [6, 6.07) is 4.72. The van der Waals surface area contributed by atoms with Crippen LogP contribution >= 0.6 is 46.1 Å². The van der Waals surface area contributed by atoms with Gasteiger partial charge in [0.2, 0.25) is 0 Å². The van der Waals surface area contributed by atoms with E-state index in [1.165, 1.54) is 18.2 Å². The van der Waals surface area contributed by atoms with E-state index < -0.39 is 24.9 Å². The lowest BCUT2D eigenvalue weighted by molar-refractivity contribution is -0.384. The number of benzene rings is 1. The van der Waals surface area contributed by atoms with Gasteiger partial charge in [-0.3, -0.25) is 10.1 Å². The highest BCUT2D eigenvalue weighted by molar-refractivity contribution is 7.89. The van der Waals surface area contributed by atoms with Crippen molar-refractivity contribution in [2.45, 2.75) is 4.21 Å². The summed E-state index contributed by atoms with van der Waals surface area (Å²) in [5, 5.41) is 11.0. The Morgan fingerprint density at radius 3 is 2.14 bits per heavy atom. The molecular weight excluding hydrogens is 385 g/mol. The first-order valence-corrected chi connectivity index (χ1v) is 8.39. The van der Waals surface area contributed by atoms with Crippen LogP contribution in [0.1, 0.15) is 0 Å². The summed E-state index contributed by atoms with van der Waals surface area (Å²) >= 11 is 17.6. The van der Waals surface area contributed by atoms with Crippen molar-refractivity contribution in [1.29, 1.82) is 0 Å². The van der Waals surface area contributed by atoms with Crippen molar-refractivity contribution in [2.75, 3.05) is 0 Å². The largest absolute Gasteiger partial charge is 0.378 e. The maximum Gasteiger partial charge on any atom is 0.349 e. The minimum absolute atomic E-state index is 0.111. The topological polar surface area (TPSA) is 86.5 Å². The van der Waals surface area contributed by atoms with Crippen molar-refractivity contribution in [3.8, 4) is 5.75 Å². The monoisotopic (exact) mass is 387 g/mol. The van der Waals surface area contributed by atoms with Crippen LogP contribution in [0.25, 0.3) is 0 Å². The van der Waals surface area contributed by atoms with Crippen molar-refractivity contribution in [3.63, 3.8) is 0 Å². The molecule has 0 fully saturated rings. The van der Waals surface area contributed by atoms with Crippen LogP contribution in [-0.2, 0) is 10.1 Å². The van der Waals surface area contributed by atoms with Gasteiger partial charge < -0.3 is 4.18 Å². The molecule has 0 unspecified atom stereocenters. The highest BCUT2D eigenvalue weighted by Gasteiger charge is 2.27. The van der Waals surface area contributed by atoms with Gasteiger partial charge >= 0.3 is 10.1 Å². The fraction of sp³-hybridized carbons (Fsp3) is 0. The lowest BCUT2D eigenvalue weighted by Crippen LogP contribution is -2.08. The third kappa shape index (κ3) is 3.78. The zero-order valence-electron chi connectivity index (χ0n) is 9.75. The average Bonchev–Trinajstić information content (AvgIpc) is 2.70. The summed E-state index contributed by atoms with van der Waals surface area (Å²) < 4.78 is 28.2. The van der Waals surface area contributed by atoms with Gasteiger partial charge in [0, 0.05) is 22.2 Å². The summed E-state index contributed by atoms with van der Waals surface area (Å²) in [6.45, 7) is 0. The summed E-state index contributed by atoms with van der Waals surface area (Å²) in [5.74, 6) is -0.111. The maximum absolute atomic E-state index is 12.0. The molecule has 6 nitrogen and oxygen atoms in total. The van der Waals surface area contributed by atoms with Crippen LogP contribution in [0.3, 0.4) is 0 Å². The van der Waals surface area contributed by atoms with Crippen molar-refractivity contribution < 1.29 is 17.5 Å². The molecule has 0 aliphatic carbocycles. The van der Waals surface area contributed by atoms with Crippen LogP contribution in [0.4, 0.5) is 5.69 Å². The second-order valence-corrected chi connectivity index (χ2v) is 7.92. The fourth-order valence-corrected chi connectivity index (χ4v) is 4.38. The van der Waals surface area contributed by atoms with E-state index in [-0.39, 0.29) is 20.1 Å². The third-order valence-electron chi connectivity index (χ3n) is 2.13. The number of thiophene rings is 1. The Morgan fingerprint density at radius 1 is 1.10 bits per heavy atom. The van der Waals surface area contributed by atoms with Gasteiger partial charge in [0.25, 0.3) is 5.69 Å². The van der Waals surface area contributed by atoms with E-state index in [9.17, 15) is 18.5 Å². The van der Waals surface area contributed by atoms with Gasteiger partial charge in [0.1, 0.15) is 5.75 Å². The first-order chi connectivity index (χ1) is 9.69. The number of nitro groups is 1. The Hall–Kier alpha value is -1.06. The van der Waals surface area contributed by atoms with E-state index in [1.54, 1.807) is 0 Å². The molecule has 2 aromatic rings. The molecule has 112 valence electrons. The number of halogens is 3. The zero-order chi connectivity index (χ0) is 15.8. The SMILES string of the molecule is O=[N+]([O-])c1cc(S(=O)(=O)Oc2cc(Cl)cc(Cl)c2)sc1Cl. The Labute approximate surface area is 138 Å². The van der Waals surface area contributed by atoms with Crippen LogP contribution in [0.2, 0.25) is 14.4 Å². The molecule has 1 heterocycles. The van der Waals surface area contributed by atoms with E-state index >= 15 is 0 Å². The van der Waals surface area contributed by atoms with Gasteiger partial charge in [0.15, 0.2) is 8.55 Å². The summed E-state index contributed by atoms with van der Waals surface area (Å²) in [5.41, 5.74) is -0.507. The summed E-state index contributed by atoms with van der Waals surface area (Å²) in [4.78, 5) is 9.88. The Bertz CT molecular complexity index is 798. The average molecular weight is 389 g/mol. The zero-order valence-corrected chi connectivity index (χ0v) is 13.6. The van der Waals surface area contributed by atoms with Crippen LogP contribution in [0.15, 0.2) is 28.5 Å². The normalized spacial score (nSPS) is 11.4. The Morgan fingerprint density at radius 2 is 1.67 bits per heavy atom. The molecular formula is C10H4Cl3NO5S2. The molecule has 0 aliphatic heterocycles. The molecule has 1 aromatic heterocycles. The van der Waals surface area contributed by atoms with Crippen molar-refractivity contribution in [1.82, 2.24) is 0 Å². The summed E-state index contributed by atoms with van der Waals surface area (Å²) in [6.07, 6.45) is 0. The fourth-order valence-electron chi connectivity index (χ4n) is 1.33. The molecule has 0 saturated carbocycles. The molecule has 21 heavy (non-hydrogen) atoms. The molecule has 0 N–H and O–H groups in total. The lowest BCUT2D eigenvalue weighted by Gasteiger charge is -2.05. The van der Waals surface area contributed by atoms with E-state index in [0.29, 0.717) is 11.3 Å².